The van der Waals surface area contributed by atoms with Gasteiger partial charge in [0.1, 0.15) is 4.21 Å². The first-order chi connectivity index (χ1) is 7.97. The third-order valence-electron chi connectivity index (χ3n) is 1.93. The number of nitrogens with one attached hydrogen (secondary N) is 1. The Kier molecular flexibility index (Phi) is 5.97. The fourth-order valence-corrected chi connectivity index (χ4v) is 4.61. The summed E-state index contributed by atoms with van der Waals surface area (Å²) in [7, 11) is -3.45. The smallest absolute Gasteiger partial charge is 0.210 e. The normalized spacial score (nSPS) is 11.4. The van der Waals surface area contributed by atoms with Crippen molar-refractivity contribution in [2.45, 2.75) is 23.5 Å². The van der Waals surface area contributed by atoms with E-state index in [0.717, 1.165) is 24.2 Å². The molecule has 0 fully saturated rings. The Morgan fingerprint density at radius 2 is 2.24 bits per heavy atom. The summed E-state index contributed by atoms with van der Waals surface area (Å²) in [5.41, 5.74) is 0. The van der Waals surface area contributed by atoms with Crippen molar-refractivity contribution >= 4 is 48.9 Å². The van der Waals surface area contributed by atoms with E-state index in [0.29, 0.717) is 21.8 Å². The van der Waals surface area contributed by atoms with Crippen LogP contribution in [-0.4, -0.2) is 15.0 Å². The first-order valence-electron chi connectivity index (χ1n) is 4.85. The Labute approximate surface area is 119 Å². The highest BCUT2D eigenvalue weighted by Crippen LogP contribution is 2.34. The van der Waals surface area contributed by atoms with E-state index in [1.807, 2.05) is 0 Å². The summed E-state index contributed by atoms with van der Waals surface area (Å²) in [6.07, 6.45) is 7.30. The fraction of sp³-hybridized carbons (Fsp3) is 0.400. The van der Waals surface area contributed by atoms with E-state index < -0.39 is 10.0 Å². The predicted molar refractivity (Wildman–Crippen MR) is 74.9 cm³/mol. The number of hydrogen-bond acceptors (Lipinski definition) is 3. The Morgan fingerprint density at radius 3 is 2.76 bits per heavy atom. The summed E-state index contributed by atoms with van der Waals surface area (Å²) in [6, 6.07) is 1.43. The van der Waals surface area contributed by atoms with Crippen LogP contribution in [0.5, 0.6) is 0 Å². The number of rotatable bonds is 6. The molecule has 0 spiro atoms. The fourth-order valence-electron chi connectivity index (χ4n) is 1.09. The minimum absolute atomic E-state index is 0.214. The molecule has 0 radical (unpaired) electrons. The van der Waals surface area contributed by atoms with Gasteiger partial charge < -0.3 is 0 Å². The maximum Gasteiger partial charge on any atom is 0.250 e. The third kappa shape index (κ3) is 4.60. The Morgan fingerprint density at radius 1 is 1.53 bits per heavy atom. The summed E-state index contributed by atoms with van der Waals surface area (Å²) in [5.74, 6) is 2.51. The average Bonchev–Trinajstić information content (AvgIpc) is 2.60. The molecule has 1 N–H and O–H groups in total. The van der Waals surface area contributed by atoms with Gasteiger partial charge in [-0.3, -0.25) is 0 Å². The number of hydrogen-bond donors (Lipinski definition) is 1. The van der Waals surface area contributed by atoms with Crippen molar-refractivity contribution in [3.8, 4) is 12.3 Å². The van der Waals surface area contributed by atoms with Gasteiger partial charge in [0, 0.05) is 13.0 Å². The summed E-state index contributed by atoms with van der Waals surface area (Å²) >= 11 is 10.1. The van der Waals surface area contributed by atoms with Crippen LogP contribution in [0.15, 0.2) is 14.1 Å². The second-order valence-corrected chi connectivity index (χ2v) is 8.02. The van der Waals surface area contributed by atoms with Crippen LogP contribution in [0.4, 0.5) is 0 Å². The molecule has 0 atom stereocenters. The second kappa shape index (κ2) is 6.76. The second-order valence-electron chi connectivity index (χ2n) is 3.25. The topological polar surface area (TPSA) is 46.2 Å². The lowest BCUT2D eigenvalue weighted by Gasteiger charge is -2.03. The maximum atomic E-state index is 11.8. The summed E-state index contributed by atoms with van der Waals surface area (Å²) in [5, 5.41) is 0.405. The van der Waals surface area contributed by atoms with E-state index in [9.17, 15) is 8.42 Å². The average molecular weight is 357 g/mol. The molecule has 94 valence electrons. The molecular weight excluding hydrogens is 346 g/mol. The first kappa shape index (κ1) is 15.0. The molecule has 0 bridgehead atoms. The molecule has 0 amide bonds. The number of sulfonamides is 1. The molecule has 0 saturated heterocycles. The van der Waals surface area contributed by atoms with E-state index in [1.165, 1.54) is 6.07 Å². The standard InChI is InChI=1S/C10H11BrClNO2S2/c1-2-3-4-5-6-13-17(14,15)9-7-8(12)10(11)16-9/h1,7,13H,3-6H2. The lowest BCUT2D eigenvalue weighted by molar-refractivity contribution is 0.579. The number of halogens is 2. The van der Waals surface area contributed by atoms with Crippen molar-refractivity contribution < 1.29 is 8.42 Å². The molecule has 0 saturated carbocycles. The highest BCUT2D eigenvalue weighted by atomic mass is 79.9. The molecule has 0 aliphatic heterocycles. The predicted octanol–water partition coefficient (Wildman–Crippen LogP) is 3.25. The van der Waals surface area contributed by atoms with Crippen LogP contribution in [0.2, 0.25) is 5.02 Å². The van der Waals surface area contributed by atoms with Gasteiger partial charge in [-0.15, -0.1) is 23.7 Å². The minimum atomic E-state index is -3.45. The minimum Gasteiger partial charge on any atom is -0.210 e. The van der Waals surface area contributed by atoms with Crippen molar-refractivity contribution in [1.29, 1.82) is 0 Å². The van der Waals surface area contributed by atoms with Gasteiger partial charge in [-0.25, -0.2) is 13.1 Å². The van der Waals surface area contributed by atoms with Gasteiger partial charge in [-0.2, -0.15) is 0 Å². The summed E-state index contributed by atoms with van der Waals surface area (Å²) in [4.78, 5) is 0. The van der Waals surface area contributed by atoms with E-state index in [2.05, 4.69) is 26.6 Å². The lowest BCUT2D eigenvalue weighted by Crippen LogP contribution is -2.23. The van der Waals surface area contributed by atoms with Crippen molar-refractivity contribution in [2.75, 3.05) is 6.54 Å². The number of thiophene rings is 1. The highest BCUT2D eigenvalue weighted by Gasteiger charge is 2.18. The first-order valence-corrected chi connectivity index (χ1v) is 8.32. The Balaban J connectivity index is 2.55. The van der Waals surface area contributed by atoms with Gasteiger partial charge in [-0.1, -0.05) is 11.6 Å². The van der Waals surface area contributed by atoms with E-state index in [-0.39, 0.29) is 4.21 Å². The molecule has 0 aliphatic rings. The monoisotopic (exact) mass is 355 g/mol. The Hall–Kier alpha value is -0.0600. The van der Waals surface area contributed by atoms with Crippen molar-refractivity contribution in [2.24, 2.45) is 0 Å². The van der Waals surface area contributed by atoms with Gasteiger partial charge in [0.15, 0.2) is 0 Å². The molecule has 7 heteroatoms. The molecule has 1 heterocycles. The van der Waals surface area contributed by atoms with Gasteiger partial charge in [0.25, 0.3) is 0 Å². The molecule has 0 unspecified atom stereocenters. The van der Waals surface area contributed by atoms with Crippen LogP contribution in [0.1, 0.15) is 19.3 Å². The molecule has 1 aromatic heterocycles. The van der Waals surface area contributed by atoms with Crippen LogP contribution in [0.25, 0.3) is 0 Å². The Bertz CT molecular complexity index is 499. The van der Waals surface area contributed by atoms with E-state index in [4.69, 9.17) is 18.0 Å². The van der Waals surface area contributed by atoms with Crippen LogP contribution in [0.3, 0.4) is 0 Å². The summed E-state index contributed by atoms with van der Waals surface area (Å²) in [6.45, 7) is 0.386. The van der Waals surface area contributed by atoms with Crippen LogP contribution < -0.4 is 4.72 Å². The van der Waals surface area contributed by atoms with Crippen LogP contribution in [-0.2, 0) is 10.0 Å². The van der Waals surface area contributed by atoms with Gasteiger partial charge in [0.05, 0.1) is 8.81 Å². The van der Waals surface area contributed by atoms with Gasteiger partial charge >= 0.3 is 0 Å². The van der Waals surface area contributed by atoms with Crippen molar-refractivity contribution in [3.05, 3.63) is 14.9 Å². The van der Waals surface area contributed by atoms with Crippen LogP contribution in [0, 0.1) is 12.3 Å². The van der Waals surface area contributed by atoms with Crippen molar-refractivity contribution in [1.82, 2.24) is 4.72 Å². The zero-order valence-corrected chi connectivity index (χ0v) is 12.8. The quantitative estimate of drug-likeness (QED) is 0.628. The number of terminal acetylenes is 1. The summed E-state index contributed by atoms with van der Waals surface area (Å²) < 4.78 is 27.0. The zero-order valence-electron chi connectivity index (χ0n) is 8.87. The molecule has 1 rings (SSSR count). The SMILES string of the molecule is C#CCCCCNS(=O)(=O)c1cc(Cl)c(Br)s1. The van der Waals surface area contributed by atoms with E-state index in [1.54, 1.807) is 0 Å². The largest absolute Gasteiger partial charge is 0.250 e. The van der Waals surface area contributed by atoms with Crippen molar-refractivity contribution in [3.63, 3.8) is 0 Å². The van der Waals surface area contributed by atoms with Gasteiger partial charge in [-0.05, 0) is 34.8 Å². The molecule has 17 heavy (non-hydrogen) atoms. The lowest BCUT2D eigenvalue weighted by atomic mass is 10.2. The molecule has 1 aromatic rings. The third-order valence-corrected chi connectivity index (χ3v) is 6.34. The molecule has 3 nitrogen and oxygen atoms in total. The highest BCUT2D eigenvalue weighted by molar-refractivity contribution is 9.11. The van der Waals surface area contributed by atoms with Crippen LogP contribution >= 0.6 is 38.9 Å². The zero-order chi connectivity index (χ0) is 12.9. The molecule has 0 aliphatic carbocycles. The molecular formula is C10H11BrClNO2S2. The molecule has 0 aromatic carbocycles. The van der Waals surface area contributed by atoms with E-state index >= 15 is 0 Å². The maximum absolute atomic E-state index is 11.8. The van der Waals surface area contributed by atoms with Gasteiger partial charge in [0.2, 0.25) is 10.0 Å². The number of unbranched alkanes of at least 4 members (excludes halogenated alkanes) is 2.